The molecule has 0 saturated carbocycles. The van der Waals surface area contributed by atoms with Crippen LogP contribution < -0.4 is 10.6 Å². The lowest BCUT2D eigenvalue weighted by Crippen LogP contribution is -2.47. The van der Waals surface area contributed by atoms with Crippen molar-refractivity contribution in [3.63, 3.8) is 0 Å². The van der Waals surface area contributed by atoms with E-state index in [4.69, 9.17) is 4.74 Å². The summed E-state index contributed by atoms with van der Waals surface area (Å²) in [6, 6.07) is 16.4. The minimum Gasteiger partial charge on any atom is -0.381 e. The molecule has 25 heavy (non-hydrogen) atoms. The molecule has 2 aromatic rings. The second kappa shape index (κ2) is 8.12. The van der Waals surface area contributed by atoms with E-state index in [0.29, 0.717) is 25.3 Å². The molecule has 1 aliphatic heterocycles. The summed E-state index contributed by atoms with van der Waals surface area (Å²) in [6.45, 7) is 2.07. The summed E-state index contributed by atoms with van der Waals surface area (Å²) in [6.07, 6.45) is 1.73. The van der Waals surface area contributed by atoms with Gasteiger partial charge in [0.05, 0.1) is 0 Å². The summed E-state index contributed by atoms with van der Waals surface area (Å²) < 4.78 is 19.1. The van der Waals surface area contributed by atoms with E-state index in [1.54, 1.807) is 18.2 Å². The van der Waals surface area contributed by atoms with Crippen LogP contribution in [0.1, 0.15) is 24.0 Å². The van der Waals surface area contributed by atoms with Crippen molar-refractivity contribution >= 4 is 6.03 Å². The quantitative estimate of drug-likeness (QED) is 0.875. The Morgan fingerprint density at radius 1 is 1.00 bits per heavy atom. The third-order valence-corrected chi connectivity index (χ3v) is 4.82. The van der Waals surface area contributed by atoms with Crippen LogP contribution in [0.15, 0.2) is 54.6 Å². The van der Waals surface area contributed by atoms with E-state index in [1.165, 1.54) is 11.6 Å². The molecule has 0 aromatic heterocycles. The summed E-state index contributed by atoms with van der Waals surface area (Å²) in [5.41, 5.74) is 1.57. The molecule has 5 heteroatoms. The number of hydrogen-bond donors (Lipinski definition) is 2. The lowest BCUT2D eigenvalue weighted by molar-refractivity contribution is 0.0507. The molecule has 3 rings (SSSR count). The number of carbonyl (C=O) groups excluding carboxylic acids is 1. The number of hydrogen-bond acceptors (Lipinski definition) is 2. The van der Waals surface area contributed by atoms with E-state index in [9.17, 15) is 9.18 Å². The number of carbonyl (C=O) groups is 1. The fourth-order valence-corrected chi connectivity index (χ4v) is 3.25. The van der Waals surface area contributed by atoms with Gasteiger partial charge in [-0.05, 0) is 24.5 Å². The summed E-state index contributed by atoms with van der Waals surface area (Å²) >= 11 is 0. The molecule has 1 aliphatic rings. The van der Waals surface area contributed by atoms with Crippen LogP contribution in [0, 0.1) is 5.82 Å². The highest BCUT2D eigenvalue weighted by molar-refractivity contribution is 5.74. The highest BCUT2D eigenvalue weighted by atomic mass is 19.1. The molecule has 0 bridgehead atoms. The molecule has 0 unspecified atom stereocenters. The van der Waals surface area contributed by atoms with Crippen molar-refractivity contribution in [1.82, 2.24) is 10.6 Å². The van der Waals surface area contributed by atoms with Crippen LogP contribution in [-0.4, -0.2) is 25.8 Å². The molecule has 0 radical (unpaired) electrons. The van der Waals surface area contributed by atoms with Crippen LogP contribution in [-0.2, 0) is 16.7 Å². The van der Waals surface area contributed by atoms with Gasteiger partial charge in [-0.1, -0.05) is 48.5 Å². The van der Waals surface area contributed by atoms with Gasteiger partial charge in [-0.2, -0.15) is 0 Å². The van der Waals surface area contributed by atoms with E-state index in [1.807, 2.05) is 18.2 Å². The Labute approximate surface area is 147 Å². The first-order chi connectivity index (χ1) is 12.2. The van der Waals surface area contributed by atoms with E-state index < -0.39 is 0 Å². The average molecular weight is 342 g/mol. The first kappa shape index (κ1) is 17.4. The highest BCUT2D eigenvalue weighted by Crippen LogP contribution is 2.34. The smallest absolute Gasteiger partial charge is 0.315 e. The Kier molecular flexibility index (Phi) is 5.66. The molecule has 1 saturated heterocycles. The number of rotatable bonds is 5. The molecule has 0 spiro atoms. The third kappa shape index (κ3) is 4.37. The maximum Gasteiger partial charge on any atom is 0.315 e. The van der Waals surface area contributed by atoms with Crippen LogP contribution in [0.2, 0.25) is 0 Å². The van der Waals surface area contributed by atoms with Gasteiger partial charge in [0.25, 0.3) is 0 Å². The topological polar surface area (TPSA) is 50.4 Å². The zero-order valence-electron chi connectivity index (χ0n) is 14.1. The maximum atomic E-state index is 13.6. The first-order valence-corrected chi connectivity index (χ1v) is 8.58. The molecule has 4 nitrogen and oxygen atoms in total. The minimum atomic E-state index is -0.312. The van der Waals surface area contributed by atoms with Crippen LogP contribution in [0.25, 0.3) is 0 Å². The van der Waals surface area contributed by atoms with Gasteiger partial charge in [-0.25, -0.2) is 9.18 Å². The zero-order valence-corrected chi connectivity index (χ0v) is 14.1. The van der Waals surface area contributed by atoms with Gasteiger partial charge in [0, 0.05) is 37.3 Å². The van der Waals surface area contributed by atoms with Crippen molar-refractivity contribution in [3.8, 4) is 0 Å². The second-order valence-electron chi connectivity index (χ2n) is 6.39. The average Bonchev–Trinajstić information content (AvgIpc) is 2.67. The SMILES string of the molecule is O=C(NCc1ccccc1F)NCC1(c2ccccc2)CCOCC1. The van der Waals surface area contributed by atoms with Gasteiger partial charge in [0.1, 0.15) is 5.82 Å². The minimum absolute atomic E-state index is 0.116. The van der Waals surface area contributed by atoms with E-state index in [-0.39, 0.29) is 23.8 Å². The van der Waals surface area contributed by atoms with Gasteiger partial charge < -0.3 is 15.4 Å². The van der Waals surface area contributed by atoms with Crippen molar-refractivity contribution in [1.29, 1.82) is 0 Å². The van der Waals surface area contributed by atoms with Crippen molar-refractivity contribution < 1.29 is 13.9 Å². The highest BCUT2D eigenvalue weighted by Gasteiger charge is 2.34. The number of urea groups is 1. The number of halogens is 1. The van der Waals surface area contributed by atoms with E-state index >= 15 is 0 Å². The van der Waals surface area contributed by atoms with Crippen molar-refractivity contribution in [2.45, 2.75) is 24.8 Å². The lowest BCUT2D eigenvalue weighted by atomic mass is 9.74. The van der Waals surface area contributed by atoms with Crippen molar-refractivity contribution in [2.24, 2.45) is 0 Å². The maximum absolute atomic E-state index is 13.6. The molecule has 0 atom stereocenters. The van der Waals surface area contributed by atoms with Gasteiger partial charge in [0.2, 0.25) is 0 Å². The fourth-order valence-electron chi connectivity index (χ4n) is 3.25. The van der Waals surface area contributed by atoms with Crippen molar-refractivity contribution in [2.75, 3.05) is 19.8 Å². The standard InChI is InChI=1S/C20H23FN2O2/c21-18-9-5-4-6-16(18)14-22-19(24)23-15-20(10-12-25-13-11-20)17-7-2-1-3-8-17/h1-9H,10-15H2,(H2,22,23,24). The molecular weight excluding hydrogens is 319 g/mol. The number of benzene rings is 2. The molecule has 1 heterocycles. The second-order valence-corrected chi connectivity index (χ2v) is 6.39. The van der Waals surface area contributed by atoms with Crippen LogP contribution in [0.5, 0.6) is 0 Å². The molecular formula is C20H23FN2O2. The van der Waals surface area contributed by atoms with Crippen molar-refractivity contribution in [3.05, 3.63) is 71.5 Å². The summed E-state index contributed by atoms with van der Waals surface area (Å²) in [7, 11) is 0. The van der Waals surface area contributed by atoms with Crippen LogP contribution >= 0.6 is 0 Å². The number of nitrogens with one attached hydrogen (secondary N) is 2. The Bertz CT molecular complexity index is 700. The van der Waals surface area contributed by atoms with Crippen LogP contribution in [0.4, 0.5) is 9.18 Å². The van der Waals surface area contributed by atoms with E-state index in [2.05, 4.69) is 22.8 Å². The summed E-state index contributed by atoms with van der Waals surface area (Å²) in [4.78, 5) is 12.2. The van der Waals surface area contributed by atoms with E-state index in [0.717, 1.165) is 12.8 Å². The predicted octanol–water partition coefficient (Wildman–Crippen LogP) is 3.37. The Morgan fingerprint density at radius 3 is 2.40 bits per heavy atom. The lowest BCUT2D eigenvalue weighted by Gasteiger charge is -2.38. The monoisotopic (exact) mass is 342 g/mol. The van der Waals surface area contributed by atoms with Gasteiger partial charge in [-0.15, -0.1) is 0 Å². The van der Waals surface area contributed by atoms with Gasteiger partial charge in [0.15, 0.2) is 0 Å². The molecule has 2 aromatic carbocycles. The number of amides is 2. The Balaban J connectivity index is 1.59. The van der Waals surface area contributed by atoms with Gasteiger partial charge >= 0.3 is 6.03 Å². The summed E-state index contributed by atoms with van der Waals surface area (Å²) in [5, 5.41) is 5.68. The molecule has 132 valence electrons. The molecule has 0 aliphatic carbocycles. The molecule has 2 N–H and O–H groups in total. The van der Waals surface area contributed by atoms with Crippen LogP contribution in [0.3, 0.4) is 0 Å². The summed E-state index contributed by atoms with van der Waals surface area (Å²) in [5.74, 6) is -0.312. The third-order valence-electron chi connectivity index (χ3n) is 4.82. The molecule has 1 fully saturated rings. The number of ether oxygens (including phenoxy) is 1. The Hall–Kier alpha value is -2.40. The Morgan fingerprint density at radius 2 is 1.68 bits per heavy atom. The van der Waals surface area contributed by atoms with Gasteiger partial charge in [-0.3, -0.25) is 0 Å². The normalized spacial score (nSPS) is 16.2. The predicted molar refractivity (Wildman–Crippen MR) is 94.8 cm³/mol. The largest absolute Gasteiger partial charge is 0.381 e. The molecule has 2 amide bonds. The zero-order chi connectivity index (χ0) is 17.5. The fraction of sp³-hybridized carbons (Fsp3) is 0.350. The first-order valence-electron chi connectivity index (χ1n) is 8.58.